The molecule has 0 atom stereocenters. The summed E-state index contributed by atoms with van der Waals surface area (Å²) < 4.78 is 31.7. The molecule has 2 N–H and O–H groups in total. The number of aromatic nitrogens is 1. The number of benzene rings is 2. The lowest BCUT2D eigenvalue weighted by Gasteiger charge is -2.11. The monoisotopic (exact) mass is 272 g/mol. The zero-order valence-electron chi connectivity index (χ0n) is 10.3. The molecule has 0 amide bonds. The number of para-hydroxylation sites is 1. The quantitative estimate of drug-likeness (QED) is 0.770. The summed E-state index contributed by atoms with van der Waals surface area (Å²) in [6.45, 7) is 0. The van der Waals surface area contributed by atoms with Gasteiger partial charge in [-0.1, -0.05) is 12.1 Å². The molecule has 0 unspecified atom stereocenters. The van der Waals surface area contributed by atoms with Crippen molar-refractivity contribution in [2.75, 3.05) is 5.73 Å². The Bertz CT molecular complexity index is 790. The highest BCUT2D eigenvalue weighted by Gasteiger charge is 2.10. The van der Waals surface area contributed by atoms with Gasteiger partial charge in [0.05, 0.1) is 17.4 Å². The van der Waals surface area contributed by atoms with E-state index in [1.54, 1.807) is 6.07 Å². The third kappa shape index (κ3) is 2.14. The minimum atomic E-state index is -0.973. The zero-order valence-corrected chi connectivity index (χ0v) is 10.3. The average Bonchev–Trinajstić information content (AvgIpc) is 2.46. The third-order valence-corrected chi connectivity index (χ3v) is 2.86. The molecule has 5 heteroatoms. The summed E-state index contributed by atoms with van der Waals surface area (Å²) in [6, 6.07) is 10.6. The molecule has 0 saturated heterocycles. The molecule has 0 aliphatic carbocycles. The standard InChI is InChI=1S/C15H10F2N2O/c16-11-6-5-9(7-12(11)17)20-15-10-3-1-2-4-14(10)19-8-13(15)18/h1-8H,18H2. The summed E-state index contributed by atoms with van der Waals surface area (Å²) >= 11 is 0. The Morgan fingerprint density at radius 1 is 1.00 bits per heavy atom. The molecule has 3 rings (SSSR count). The van der Waals surface area contributed by atoms with E-state index in [0.29, 0.717) is 22.3 Å². The molecule has 0 saturated carbocycles. The summed E-state index contributed by atoms with van der Waals surface area (Å²) in [5.41, 5.74) is 6.88. The van der Waals surface area contributed by atoms with Gasteiger partial charge in [0.2, 0.25) is 0 Å². The number of rotatable bonds is 2. The normalized spacial score (nSPS) is 10.7. The molecule has 100 valence electrons. The largest absolute Gasteiger partial charge is 0.454 e. The Kier molecular flexibility index (Phi) is 2.95. The van der Waals surface area contributed by atoms with Crippen LogP contribution in [0.4, 0.5) is 14.5 Å². The average molecular weight is 272 g/mol. The lowest BCUT2D eigenvalue weighted by atomic mass is 10.2. The maximum absolute atomic E-state index is 13.2. The Morgan fingerprint density at radius 2 is 1.80 bits per heavy atom. The Hall–Kier alpha value is -2.69. The van der Waals surface area contributed by atoms with Gasteiger partial charge in [0.15, 0.2) is 17.4 Å². The van der Waals surface area contributed by atoms with Crippen molar-refractivity contribution in [1.82, 2.24) is 4.98 Å². The predicted molar refractivity (Wildman–Crippen MR) is 72.6 cm³/mol. The fourth-order valence-corrected chi connectivity index (χ4v) is 1.90. The van der Waals surface area contributed by atoms with Gasteiger partial charge < -0.3 is 10.5 Å². The maximum Gasteiger partial charge on any atom is 0.162 e. The molecule has 1 aromatic heterocycles. The molecule has 20 heavy (non-hydrogen) atoms. The van der Waals surface area contributed by atoms with Crippen molar-refractivity contribution in [2.45, 2.75) is 0 Å². The first-order valence-electron chi connectivity index (χ1n) is 5.91. The molecule has 0 radical (unpaired) electrons. The van der Waals surface area contributed by atoms with Crippen LogP contribution in [0.5, 0.6) is 11.5 Å². The number of hydrogen-bond acceptors (Lipinski definition) is 3. The number of hydrogen-bond donors (Lipinski definition) is 1. The Labute approximate surface area is 113 Å². The van der Waals surface area contributed by atoms with E-state index in [0.717, 1.165) is 12.1 Å². The van der Waals surface area contributed by atoms with Gasteiger partial charge in [-0.2, -0.15) is 0 Å². The molecule has 1 heterocycles. The minimum Gasteiger partial charge on any atom is -0.454 e. The van der Waals surface area contributed by atoms with Crippen molar-refractivity contribution in [3.05, 3.63) is 60.3 Å². The topological polar surface area (TPSA) is 48.1 Å². The van der Waals surface area contributed by atoms with E-state index >= 15 is 0 Å². The van der Waals surface area contributed by atoms with Gasteiger partial charge in [-0.15, -0.1) is 0 Å². The SMILES string of the molecule is Nc1cnc2ccccc2c1Oc1ccc(F)c(F)c1. The second-order valence-electron chi connectivity index (χ2n) is 4.24. The van der Waals surface area contributed by atoms with E-state index in [1.807, 2.05) is 18.2 Å². The summed E-state index contributed by atoms with van der Waals surface area (Å²) in [5.74, 6) is -1.35. The molecule has 2 aromatic carbocycles. The van der Waals surface area contributed by atoms with E-state index in [1.165, 1.54) is 12.3 Å². The lowest BCUT2D eigenvalue weighted by Crippen LogP contribution is -1.96. The van der Waals surface area contributed by atoms with Crippen LogP contribution in [0.2, 0.25) is 0 Å². The van der Waals surface area contributed by atoms with Gasteiger partial charge >= 0.3 is 0 Å². The first kappa shape index (κ1) is 12.3. The van der Waals surface area contributed by atoms with Gasteiger partial charge in [0, 0.05) is 11.5 Å². The van der Waals surface area contributed by atoms with E-state index < -0.39 is 11.6 Å². The van der Waals surface area contributed by atoms with E-state index in [-0.39, 0.29) is 5.75 Å². The minimum absolute atomic E-state index is 0.173. The summed E-state index contributed by atoms with van der Waals surface area (Å²) in [5, 5.41) is 0.706. The Balaban J connectivity index is 2.10. The van der Waals surface area contributed by atoms with Crippen LogP contribution in [-0.2, 0) is 0 Å². The summed E-state index contributed by atoms with van der Waals surface area (Å²) in [7, 11) is 0. The molecule has 0 aliphatic rings. The molecule has 0 aliphatic heterocycles. The first-order chi connectivity index (χ1) is 9.65. The van der Waals surface area contributed by atoms with Gasteiger partial charge in [0.25, 0.3) is 0 Å². The fourth-order valence-electron chi connectivity index (χ4n) is 1.90. The molecular weight excluding hydrogens is 262 g/mol. The van der Waals surface area contributed by atoms with Crippen LogP contribution < -0.4 is 10.5 Å². The van der Waals surface area contributed by atoms with Crippen molar-refractivity contribution in [2.24, 2.45) is 0 Å². The van der Waals surface area contributed by atoms with Gasteiger partial charge in [-0.25, -0.2) is 8.78 Å². The molecule has 3 nitrogen and oxygen atoms in total. The number of ether oxygens (including phenoxy) is 1. The summed E-state index contributed by atoms with van der Waals surface area (Å²) in [4.78, 5) is 4.18. The number of halogens is 2. The molecule has 0 bridgehead atoms. The van der Waals surface area contributed by atoms with Crippen molar-refractivity contribution in [3.8, 4) is 11.5 Å². The van der Waals surface area contributed by atoms with E-state index in [2.05, 4.69) is 4.98 Å². The van der Waals surface area contributed by atoms with Gasteiger partial charge in [0.1, 0.15) is 5.75 Å². The van der Waals surface area contributed by atoms with Crippen LogP contribution in [0.25, 0.3) is 10.9 Å². The molecule has 0 spiro atoms. The second-order valence-corrected chi connectivity index (χ2v) is 4.24. The van der Waals surface area contributed by atoms with Gasteiger partial charge in [-0.3, -0.25) is 4.98 Å². The van der Waals surface area contributed by atoms with Crippen molar-refractivity contribution < 1.29 is 13.5 Å². The van der Waals surface area contributed by atoms with Crippen LogP contribution in [0.15, 0.2) is 48.7 Å². The maximum atomic E-state index is 13.2. The van der Waals surface area contributed by atoms with Crippen molar-refractivity contribution >= 4 is 16.6 Å². The number of nitrogens with two attached hydrogens (primary N) is 1. The van der Waals surface area contributed by atoms with E-state index in [9.17, 15) is 8.78 Å². The van der Waals surface area contributed by atoms with Crippen LogP contribution in [0.3, 0.4) is 0 Å². The highest BCUT2D eigenvalue weighted by atomic mass is 19.2. The molecule has 0 fully saturated rings. The molecule has 3 aromatic rings. The zero-order chi connectivity index (χ0) is 14.1. The Morgan fingerprint density at radius 3 is 2.60 bits per heavy atom. The highest BCUT2D eigenvalue weighted by molar-refractivity contribution is 5.89. The van der Waals surface area contributed by atoms with Crippen molar-refractivity contribution in [1.29, 1.82) is 0 Å². The highest BCUT2D eigenvalue weighted by Crippen LogP contribution is 2.34. The van der Waals surface area contributed by atoms with Crippen LogP contribution in [-0.4, -0.2) is 4.98 Å². The van der Waals surface area contributed by atoms with Crippen LogP contribution in [0, 0.1) is 11.6 Å². The second kappa shape index (κ2) is 4.77. The van der Waals surface area contributed by atoms with Crippen LogP contribution in [0.1, 0.15) is 0 Å². The van der Waals surface area contributed by atoms with Crippen molar-refractivity contribution in [3.63, 3.8) is 0 Å². The number of nitrogen functional groups attached to an aromatic ring is 1. The van der Waals surface area contributed by atoms with Gasteiger partial charge in [-0.05, 0) is 24.3 Å². The lowest BCUT2D eigenvalue weighted by molar-refractivity contribution is 0.466. The number of pyridine rings is 1. The smallest absolute Gasteiger partial charge is 0.162 e. The summed E-state index contributed by atoms with van der Waals surface area (Å²) in [6.07, 6.45) is 1.47. The number of fused-ring (bicyclic) bond motifs is 1. The third-order valence-electron chi connectivity index (χ3n) is 2.86. The fraction of sp³-hybridized carbons (Fsp3) is 0. The predicted octanol–water partition coefficient (Wildman–Crippen LogP) is 3.89. The van der Waals surface area contributed by atoms with Crippen LogP contribution >= 0.6 is 0 Å². The number of nitrogens with zero attached hydrogens (tertiary/aromatic N) is 1. The first-order valence-corrected chi connectivity index (χ1v) is 5.91. The number of anilines is 1. The van der Waals surface area contributed by atoms with E-state index in [4.69, 9.17) is 10.5 Å². The molecular formula is C15H10F2N2O.